The van der Waals surface area contributed by atoms with E-state index in [0.717, 1.165) is 65.0 Å². The van der Waals surface area contributed by atoms with Gasteiger partial charge in [0.15, 0.2) is 0 Å². The third-order valence-electron chi connectivity index (χ3n) is 6.16. The predicted molar refractivity (Wildman–Crippen MR) is 111 cm³/mol. The van der Waals surface area contributed by atoms with Crippen LogP contribution in [-0.4, -0.2) is 68.3 Å². The highest BCUT2D eigenvalue weighted by Crippen LogP contribution is 2.23. The zero-order valence-electron chi connectivity index (χ0n) is 17.6. The lowest BCUT2D eigenvalue weighted by Gasteiger charge is -2.36. The van der Waals surface area contributed by atoms with E-state index in [4.69, 9.17) is 9.47 Å². The molecule has 0 saturated carbocycles. The van der Waals surface area contributed by atoms with Crippen molar-refractivity contribution in [2.75, 3.05) is 46.5 Å². The molecule has 1 aromatic carbocycles. The molecule has 2 heterocycles. The fraction of sp³-hybridized carbons (Fsp3) is 0.696. The van der Waals surface area contributed by atoms with E-state index in [0.29, 0.717) is 18.9 Å². The molecular weight excluding hydrogens is 352 g/mol. The van der Waals surface area contributed by atoms with Crippen molar-refractivity contribution < 1.29 is 14.3 Å². The summed E-state index contributed by atoms with van der Waals surface area (Å²) in [7, 11) is 1.65. The Balaban J connectivity index is 1.49. The highest BCUT2D eigenvalue weighted by Gasteiger charge is 2.27. The number of piperidine rings is 1. The summed E-state index contributed by atoms with van der Waals surface area (Å²) in [4.78, 5) is 17.3. The fourth-order valence-corrected chi connectivity index (χ4v) is 4.33. The summed E-state index contributed by atoms with van der Waals surface area (Å²) < 4.78 is 10.9. The van der Waals surface area contributed by atoms with E-state index < -0.39 is 0 Å². The number of benzene rings is 1. The number of ether oxygens (including phenoxy) is 2. The highest BCUT2D eigenvalue weighted by atomic mass is 16.5. The zero-order chi connectivity index (χ0) is 19.8. The van der Waals surface area contributed by atoms with E-state index in [2.05, 4.69) is 41.0 Å². The van der Waals surface area contributed by atoms with E-state index in [1.165, 1.54) is 11.1 Å². The SMILES string of the molecule is COCCC(=O)N(CC1CCN(Cc2ccccc2C)CC1)C[C@H]1CCCO1. The average Bonchev–Trinajstić information content (AvgIpc) is 3.22. The molecule has 5 nitrogen and oxygen atoms in total. The minimum Gasteiger partial charge on any atom is -0.384 e. The second-order valence-electron chi connectivity index (χ2n) is 8.32. The van der Waals surface area contributed by atoms with E-state index in [1.807, 2.05) is 0 Å². The number of carbonyl (C=O) groups excluding carboxylic acids is 1. The van der Waals surface area contributed by atoms with Crippen LogP contribution in [0.1, 0.15) is 43.2 Å². The van der Waals surface area contributed by atoms with Crippen molar-refractivity contribution >= 4 is 5.91 Å². The highest BCUT2D eigenvalue weighted by molar-refractivity contribution is 5.76. The molecule has 2 aliphatic rings. The molecule has 28 heavy (non-hydrogen) atoms. The Morgan fingerprint density at radius 2 is 2.00 bits per heavy atom. The number of rotatable bonds is 9. The average molecular weight is 389 g/mol. The molecule has 2 aliphatic heterocycles. The topological polar surface area (TPSA) is 42.0 Å². The summed E-state index contributed by atoms with van der Waals surface area (Å²) in [5.74, 6) is 0.792. The smallest absolute Gasteiger partial charge is 0.224 e. The lowest BCUT2D eigenvalue weighted by Crippen LogP contribution is -2.43. The number of hydrogen-bond acceptors (Lipinski definition) is 4. The molecule has 0 unspecified atom stereocenters. The summed E-state index contributed by atoms with van der Waals surface area (Å²) >= 11 is 0. The molecule has 2 saturated heterocycles. The fourth-order valence-electron chi connectivity index (χ4n) is 4.33. The van der Waals surface area contributed by atoms with Gasteiger partial charge in [0.25, 0.3) is 0 Å². The second-order valence-corrected chi connectivity index (χ2v) is 8.32. The lowest BCUT2D eigenvalue weighted by molar-refractivity contribution is -0.134. The van der Waals surface area contributed by atoms with Gasteiger partial charge in [-0.1, -0.05) is 24.3 Å². The van der Waals surface area contributed by atoms with Crippen LogP contribution in [0.25, 0.3) is 0 Å². The first kappa shape index (κ1) is 21.3. The number of aryl methyl sites for hydroxylation is 1. The van der Waals surface area contributed by atoms with Crippen molar-refractivity contribution in [2.45, 2.75) is 51.7 Å². The molecule has 5 heteroatoms. The van der Waals surface area contributed by atoms with Crippen molar-refractivity contribution in [3.8, 4) is 0 Å². The molecule has 0 aliphatic carbocycles. The van der Waals surface area contributed by atoms with Crippen LogP contribution >= 0.6 is 0 Å². The largest absolute Gasteiger partial charge is 0.384 e. The molecule has 1 atom stereocenters. The first-order valence-electron chi connectivity index (χ1n) is 10.8. The molecule has 0 aromatic heterocycles. The van der Waals surface area contributed by atoms with E-state index in [9.17, 15) is 4.79 Å². The number of nitrogens with zero attached hydrogens (tertiary/aromatic N) is 2. The molecule has 0 spiro atoms. The van der Waals surface area contributed by atoms with Gasteiger partial charge in [0, 0.05) is 33.4 Å². The Kier molecular flexibility index (Phi) is 8.31. The number of hydrogen-bond donors (Lipinski definition) is 0. The van der Waals surface area contributed by atoms with Crippen molar-refractivity contribution in [1.82, 2.24) is 9.80 Å². The van der Waals surface area contributed by atoms with Crippen LogP contribution in [0.5, 0.6) is 0 Å². The molecule has 1 amide bonds. The van der Waals surface area contributed by atoms with Gasteiger partial charge in [0.1, 0.15) is 0 Å². The van der Waals surface area contributed by atoms with Gasteiger partial charge >= 0.3 is 0 Å². The van der Waals surface area contributed by atoms with Crippen molar-refractivity contribution in [2.24, 2.45) is 5.92 Å². The van der Waals surface area contributed by atoms with Crippen molar-refractivity contribution in [3.05, 3.63) is 35.4 Å². The molecule has 0 radical (unpaired) electrons. The van der Waals surface area contributed by atoms with Crippen LogP contribution < -0.4 is 0 Å². The Bertz CT molecular complexity index is 608. The van der Waals surface area contributed by atoms with Crippen LogP contribution in [0.2, 0.25) is 0 Å². The number of amides is 1. The van der Waals surface area contributed by atoms with Gasteiger partial charge in [-0.2, -0.15) is 0 Å². The zero-order valence-corrected chi connectivity index (χ0v) is 17.6. The van der Waals surface area contributed by atoms with Gasteiger partial charge in [-0.05, 0) is 62.7 Å². The van der Waals surface area contributed by atoms with Crippen LogP contribution in [0.3, 0.4) is 0 Å². The van der Waals surface area contributed by atoms with Gasteiger partial charge < -0.3 is 14.4 Å². The molecule has 2 fully saturated rings. The van der Waals surface area contributed by atoms with Gasteiger partial charge in [-0.15, -0.1) is 0 Å². The first-order chi connectivity index (χ1) is 13.7. The van der Waals surface area contributed by atoms with Crippen molar-refractivity contribution in [1.29, 1.82) is 0 Å². The first-order valence-corrected chi connectivity index (χ1v) is 10.8. The number of methoxy groups -OCH3 is 1. The van der Waals surface area contributed by atoms with Crippen LogP contribution in [0, 0.1) is 12.8 Å². The molecule has 0 bridgehead atoms. The second kappa shape index (κ2) is 10.9. The Morgan fingerprint density at radius 1 is 1.21 bits per heavy atom. The van der Waals surface area contributed by atoms with Crippen LogP contribution in [0.4, 0.5) is 0 Å². The quantitative estimate of drug-likeness (QED) is 0.651. The number of carbonyl (C=O) groups is 1. The summed E-state index contributed by atoms with van der Waals surface area (Å²) in [5.41, 5.74) is 2.80. The molecule has 156 valence electrons. The molecule has 3 rings (SSSR count). The third kappa shape index (κ3) is 6.29. The normalized spacial score (nSPS) is 21.1. The maximum Gasteiger partial charge on any atom is 0.224 e. The van der Waals surface area contributed by atoms with Gasteiger partial charge in [0.2, 0.25) is 5.91 Å². The summed E-state index contributed by atoms with van der Waals surface area (Å²) in [6, 6.07) is 8.66. The monoisotopic (exact) mass is 388 g/mol. The van der Waals surface area contributed by atoms with E-state index in [-0.39, 0.29) is 12.0 Å². The van der Waals surface area contributed by atoms with Gasteiger partial charge in [0.05, 0.1) is 19.1 Å². The van der Waals surface area contributed by atoms with Gasteiger partial charge in [-0.25, -0.2) is 0 Å². The Morgan fingerprint density at radius 3 is 2.68 bits per heavy atom. The van der Waals surface area contributed by atoms with Crippen LogP contribution in [-0.2, 0) is 20.8 Å². The molecule has 1 aromatic rings. The summed E-state index contributed by atoms with van der Waals surface area (Å²) in [6.07, 6.45) is 5.18. The maximum atomic E-state index is 12.7. The summed E-state index contributed by atoms with van der Waals surface area (Å²) in [5, 5.41) is 0. The Labute approximate surface area is 170 Å². The lowest BCUT2D eigenvalue weighted by atomic mass is 9.95. The van der Waals surface area contributed by atoms with Crippen molar-refractivity contribution in [3.63, 3.8) is 0 Å². The summed E-state index contributed by atoms with van der Waals surface area (Å²) in [6.45, 7) is 8.38. The third-order valence-corrected chi connectivity index (χ3v) is 6.16. The minimum absolute atomic E-state index is 0.208. The number of likely N-dealkylation sites (tertiary alicyclic amines) is 1. The predicted octanol–water partition coefficient (Wildman–Crippen LogP) is 3.25. The van der Waals surface area contributed by atoms with Gasteiger partial charge in [-0.3, -0.25) is 9.69 Å². The van der Waals surface area contributed by atoms with Crippen LogP contribution in [0.15, 0.2) is 24.3 Å². The molecular formula is C23H36N2O3. The van der Waals surface area contributed by atoms with E-state index >= 15 is 0 Å². The molecule has 0 N–H and O–H groups in total. The Hall–Kier alpha value is -1.43. The maximum absolute atomic E-state index is 12.7. The minimum atomic E-state index is 0.208. The van der Waals surface area contributed by atoms with E-state index in [1.54, 1.807) is 7.11 Å². The standard InChI is InChI=1S/C23H36N2O3/c1-19-6-3-4-7-21(19)17-24-12-9-20(10-13-24)16-25(23(26)11-15-27-2)18-22-8-5-14-28-22/h3-4,6-7,20,22H,5,8-18H2,1-2H3/t22-/m1/s1.